The number of para-hydroxylation sites is 2. The van der Waals surface area contributed by atoms with Gasteiger partial charge in [-0.2, -0.15) is 0 Å². The van der Waals surface area contributed by atoms with Crippen LogP contribution in [0, 0.1) is 0 Å². The monoisotopic (exact) mass is 353 g/mol. The summed E-state index contributed by atoms with van der Waals surface area (Å²) < 4.78 is 0. The standard InChI is InChI=1S/C21H23N3.ClH/c1-21(2,3)23-14-24-19-11-7-4-8-15(19)12-20(24)17-13-22-18-10-6-5-9-16(17)18;/h4-11,13-14,20,22H,12H2,1-3H3;1H. The Morgan fingerprint density at radius 3 is 2.60 bits per heavy atom. The summed E-state index contributed by atoms with van der Waals surface area (Å²) in [4.78, 5) is 10.5. The van der Waals surface area contributed by atoms with Gasteiger partial charge in [0.2, 0.25) is 0 Å². The average molecular weight is 354 g/mol. The smallest absolute Gasteiger partial charge is 0.0906 e. The number of aromatic amines is 1. The van der Waals surface area contributed by atoms with Crippen LogP contribution in [0.3, 0.4) is 0 Å². The van der Waals surface area contributed by atoms with E-state index < -0.39 is 0 Å². The second-order valence-electron chi connectivity index (χ2n) is 7.46. The molecule has 1 atom stereocenters. The van der Waals surface area contributed by atoms with Crippen LogP contribution in [0.5, 0.6) is 0 Å². The van der Waals surface area contributed by atoms with E-state index in [1.165, 1.54) is 27.7 Å². The molecule has 0 saturated carbocycles. The van der Waals surface area contributed by atoms with E-state index in [1.54, 1.807) is 0 Å². The summed E-state index contributed by atoms with van der Waals surface area (Å²) >= 11 is 0. The number of hydrogen-bond donors (Lipinski definition) is 1. The van der Waals surface area contributed by atoms with Gasteiger partial charge in [-0.3, -0.25) is 4.99 Å². The molecule has 3 aromatic rings. The van der Waals surface area contributed by atoms with Crippen molar-refractivity contribution in [3.05, 3.63) is 65.9 Å². The quantitative estimate of drug-likeness (QED) is 0.477. The van der Waals surface area contributed by atoms with E-state index in [9.17, 15) is 0 Å². The maximum atomic E-state index is 4.77. The third-order valence-electron chi connectivity index (χ3n) is 4.57. The number of nitrogens with zero attached hydrogens (tertiary/aromatic N) is 2. The number of rotatable bonds is 2. The van der Waals surface area contributed by atoms with Crippen molar-refractivity contribution < 1.29 is 0 Å². The summed E-state index contributed by atoms with van der Waals surface area (Å²) in [5, 5.41) is 1.30. The molecule has 4 rings (SSSR count). The molecule has 0 fully saturated rings. The molecule has 2 aromatic carbocycles. The molecule has 0 aliphatic carbocycles. The van der Waals surface area contributed by atoms with Crippen molar-refractivity contribution >= 4 is 35.3 Å². The van der Waals surface area contributed by atoms with Crippen LogP contribution in [0.15, 0.2) is 59.7 Å². The molecule has 1 unspecified atom stereocenters. The molecule has 0 saturated heterocycles. The Balaban J connectivity index is 0.00000182. The van der Waals surface area contributed by atoms with Crippen LogP contribution >= 0.6 is 12.4 Å². The fourth-order valence-corrected chi connectivity index (χ4v) is 3.42. The summed E-state index contributed by atoms with van der Waals surface area (Å²) in [6.07, 6.45) is 5.19. The number of aliphatic imine (C=N–C) groups is 1. The van der Waals surface area contributed by atoms with Crippen molar-refractivity contribution in [2.75, 3.05) is 4.90 Å². The van der Waals surface area contributed by atoms with E-state index in [-0.39, 0.29) is 24.0 Å². The molecule has 1 aliphatic heterocycles. The lowest BCUT2D eigenvalue weighted by Crippen LogP contribution is -2.25. The van der Waals surface area contributed by atoms with Crippen molar-refractivity contribution in [3.63, 3.8) is 0 Å². The lowest BCUT2D eigenvalue weighted by molar-refractivity contribution is 0.583. The molecule has 0 spiro atoms. The highest BCUT2D eigenvalue weighted by molar-refractivity contribution is 5.89. The first-order valence-corrected chi connectivity index (χ1v) is 8.50. The molecular formula is C21H24ClN3. The Hall–Kier alpha value is -2.26. The van der Waals surface area contributed by atoms with Crippen LogP contribution < -0.4 is 4.90 Å². The first-order valence-electron chi connectivity index (χ1n) is 8.50. The highest BCUT2D eigenvalue weighted by atomic mass is 35.5. The zero-order chi connectivity index (χ0) is 16.7. The van der Waals surface area contributed by atoms with Gasteiger partial charge in [-0.1, -0.05) is 36.4 Å². The normalized spacial score (nSPS) is 17.1. The van der Waals surface area contributed by atoms with Gasteiger partial charge >= 0.3 is 0 Å². The molecule has 0 radical (unpaired) electrons. The maximum Gasteiger partial charge on any atom is 0.0906 e. The summed E-state index contributed by atoms with van der Waals surface area (Å²) in [6, 6.07) is 17.4. The lowest BCUT2D eigenvalue weighted by Gasteiger charge is -2.24. The number of anilines is 1. The molecule has 4 heteroatoms. The Morgan fingerprint density at radius 2 is 1.80 bits per heavy atom. The summed E-state index contributed by atoms with van der Waals surface area (Å²) in [5.74, 6) is 0. The molecule has 3 nitrogen and oxygen atoms in total. The molecule has 1 N–H and O–H groups in total. The van der Waals surface area contributed by atoms with Crippen molar-refractivity contribution in [2.45, 2.75) is 38.8 Å². The molecule has 1 aliphatic rings. The molecule has 25 heavy (non-hydrogen) atoms. The topological polar surface area (TPSA) is 31.4 Å². The number of fused-ring (bicyclic) bond motifs is 2. The second kappa shape index (κ2) is 6.57. The largest absolute Gasteiger partial charge is 0.361 e. The number of hydrogen-bond acceptors (Lipinski definition) is 1. The number of H-pyrrole nitrogens is 1. The SMILES string of the molecule is CC(C)(C)N=CN1c2ccccc2CC1c1c[nH]c2ccccc12.Cl. The van der Waals surface area contributed by atoms with Crippen LogP contribution in [0.1, 0.15) is 37.9 Å². The van der Waals surface area contributed by atoms with Crippen molar-refractivity contribution in [3.8, 4) is 0 Å². The lowest BCUT2D eigenvalue weighted by atomic mass is 10.0. The molecule has 130 valence electrons. The van der Waals surface area contributed by atoms with E-state index in [0.717, 1.165) is 6.42 Å². The first kappa shape index (κ1) is 17.6. The highest BCUT2D eigenvalue weighted by Gasteiger charge is 2.31. The van der Waals surface area contributed by atoms with Crippen LogP contribution in [0.25, 0.3) is 10.9 Å². The Morgan fingerprint density at radius 1 is 1.08 bits per heavy atom. The third-order valence-corrected chi connectivity index (χ3v) is 4.57. The fourth-order valence-electron chi connectivity index (χ4n) is 3.42. The van der Waals surface area contributed by atoms with Gasteiger partial charge in [-0.25, -0.2) is 0 Å². The Labute approximate surface area is 155 Å². The maximum absolute atomic E-state index is 4.77. The molecule has 0 bridgehead atoms. The van der Waals surface area contributed by atoms with Gasteiger partial charge in [-0.15, -0.1) is 12.4 Å². The minimum absolute atomic E-state index is 0. The average Bonchev–Trinajstić information content (AvgIpc) is 3.13. The number of aromatic nitrogens is 1. The number of nitrogens with one attached hydrogen (secondary N) is 1. The first-order chi connectivity index (χ1) is 11.5. The van der Waals surface area contributed by atoms with Crippen molar-refractivity contribution in [1.29, 1.82) is 0 Å². The van der Waals surface area contributed by atoms with Gasteiger partial charge < -0.3 is 9.88 Å². The Kier molecular flexibility index (Phi) is 4.61. The number of benzene rings is 2. The Bertz CT molecular complexity index is 905. The summed E-state index contributed by atoms with van der Waals surface area (Å²) in [7, 11) is 0. The summed E-state index contributed by atoms with van der Waals surface area (Å²) in [5.41, 5.74) is 5.09. The molecule has 0 amide bonds. The van der Waals surface area contributed by atoms with E-state index >= 15 is 0 Å². The minimum atomic E-state index is -0.0811. The molecule has 1 aromatic heterocycles. The van der Waals surface area contributed by atoms with Crippen LogP contribution in [-0.2, 0) is 6.42 Å². The van der Waals surface area contributed by atoms with E-state index in [2.05, 4.69) is 85.4 Å². The number of halogens is 1. The molecular weight excluding hydrogens is 330 g/mol. The van der Waals surface area contributed by atoms with Gasteiger partial charge in [0.1, 0.15) is 0 Å². The van der Waals surface area contributed by atoms with Crippen molar-refractivity contribution in [1.82, 2.24) is 4.98 Å². The highest BCUT2D eigenvalue weighted by Crippen LogP contribution is 2.41. The van der Waals surface area contributed by atoms with E-state index in [1.807, 2.05) is 6.34 Å². The second-order valence-corrected chi connectivity index (χ2v) is 7.46. The zero-order valence-corrected chi connectivity index (χ0v) is 15.7. The third kappa shape index (κ3) is 3.29. The van der Waals surface area contributed by atoms with Gasteiger partial charge in [0.05, 0.1) is 17.9 Å². The zero-order valence-electron chi connectivity index (χ0n) is 14.9. The van der Waals surface area contributed by atoms with Gasteiger partial charge in [0, 0.05) is 28.4 Å². The van der Waals surface area contributed by atoms with Gasteiger partial charge in [-0.05, 0) is 44.9 Å². The van der Waals surface area contributed by atoms with Crippen LogP contribution in [0.4, 0.5) is 5.69 Å². The van der Waals surface area contributed by atoms with Gasteiger partial charge in [0.15, 0.2) is 0 Å². The van der Waals surface area contributed by atoms with Crippen LogP contribution in [0.2, 0.25) is 0 Å². The minimum Gasteiger partial charge on any atom is -0.361 e. The van der Waals surface area contributed by atoms with Crippen LogP contribution in [-0.4, -0.2) is 16.9 Å². The van der Waals surface area contributed by atoms with E-state index in [4.69, 9.17) is 4.99 Å². The van der Waals surface area contributed by atoms with Crippen molar-refractivity contribution in [2.24, 2.45) is 4.99 Å². The van der Waals surface area contributed by atoms with Gasteiger partial charge in [0.25, 0.3) is 0 Å². The van der Waals surface area contributed by atoms with E-state index in [0.29, 0.717) is 0 Å². The predicted molar refractivity (Wildman–Crippen MR) is 109 cm³/mol. The summed E-state index contributed by atoms with van der Waals surface area (Å²) in [6.45, 7) is 6.39. The predicted octanol–water partition coefficient (Wildman–Crippen LogP) is 5.52. The molecule has 2 heterocycles. The fraction of sp³-hybridized carbons (Fsp3) is 0.286.